The van der Waals surface area contributed by atoms with Crippen molar-refractivity contribution in [3.8, 4) is 0 Å². The van der Waals surface area contributed by atoms with E-state index in [2.05, 4.69) is 4.90 Å². The van der Waals surface area contributed by atoms with Crippen LogP contribution in [0.15, 0.2) is 0 Å². The van der Waals surface area contributed by atoms with Crippen molar-refractivity contribution < 1.29 is 0 Å². The molecule has 5 aliphatic rings. The van der Waals surface area contributed by atoms with E-state index in [1.807, 2.05) is 0 Å². The Morgan fingerprint density at radius 2 is 0.538 bits per heavy atom. The van der Waals surface area contributed by atoms with E-state index in [-0.39, 0.29) is 0 Å². The molecule has 7 atom stereocenters. The molecule has 222 valence electrons. The third-order valence-corrected chi connectivity index (χ3v) is 12.7. The summed E-state index contributed by atoms with van der Waals surface area (Å²) in [6.07, 6.45) is 44.3. The van der Waals surface area contributed by atoms with Gasteiger partial charge in [-0.1, -0.05) is 197 Å². The average Bonchev–Trinajstić information content (AvgIpc) is 2.94. The molecule has 3 heteroatoms. The Morgan fingerprint density at radius 3 is 0.872 bits per heavy atom. The van der Waals surface area contributed by atoms with Gasteiger partial charge in [0.1, 0.15) is 14.6 Å². The fourth-order valence-corrected chi connectivity index (χ4v) is 10.7. The zero-order valence-electron chi connectivity index (χ0n) is 26.4. The van der Waals surface area contributed by atoms with Gasteiger partial charge >= 0.3 is 0 Å². The summed E-state index contributed by atoms with van der Waals surface area (Å²) in [7, 11) is 3.22. The number of rotatable bonds is 0. The van der Waals surface area contributed by atoms with Crippen LogP contribution in [0.4, 0.5) is 0 Å². The van der Waals surface area contributed by atoms with Crippen molar-refractivity contribution in [2.24, 2.45) is 0 Å². The molecule has 3 aliphatic carbocycles. The summed E-state index contributed by atoms with van der Waals surface area (Å²) in [5.41, 5.74) is 0. The molecule has 1 nitrogen and oxygen atoms in total. The van der Waals surface area contributed by atoms with Crippen LogP contribution >= 0.6 is 0 Å². The number of hydrogen-bond donors (Lipinski definition) is 0. The summed E-state index contributed by atoms with van der Waals surface area (Å²) in [6.45, 7) is 0. The van der Waals surface area contributed by atoms with Crippen LogP contribution in [-0.4, -0.2) is 37.6 Å². The minimum absolute atomic E-state index is 0.931. The molecule has 5 rings (SSSR count). The van der Waals surface area contributed by atoms with E-state index in [4.69, 9.17) is 0 Å². The molecule has 0 radical (unpaired) electrons. The number of fused-ring (bicyclic) bond motifs is 4. The molecule has 0 amide bonds. The second-order valence-electron chi connectivity index (χ2n) is 15.4. The highest BCUT2D eigenvalue weighted by atomic mass is 15.2. The Kier molecular flexibility index (Phi) is 13.5. The minimum atomic E-state index is 0.931. The van der Waals surface area contributed by atoms with E-state index in [1.54, 1.807) is 53.1 Å². The Bertz CT molecular complexity index is 654. The van der Waals surface area contributed by atoms with Crippen molar-refractivity contribution in [2.75, 3.05) is 0 Å². The maximum atomic E-state index is 3.44. The second kappa shape index (κ2) is 17.3. The SMILES string of the molecule is B1[C@@H]2CCCCCCCCCCCC[C@@H]2N2[C@@H]3[C@H](B[C@H]4CCCCCCCCCC[C@H]42)CCCCCCC[C@H]13. The van der Waals surface area contributed by atoms with Crippen LogP contribution in [0.2, 0.25) is 23.3 Å². The molecule has 2 aliphatic heterocycles. The quantitative estimate of drug-likeness (QED) is 0.279. The normalized spacial score (nSPS) is 39.4. The van der Waals surface area contributed by atoms with Gasteiger partial charge in [-0.2, -0.15) is 0 Å². The van der Waals surface area contributed by atoms with Crippen LogP contribution in [0.3, 0.4) is 0 Å². The first-order chi connectivity index (χ1) is 19.4. The summed E-state index contributed by atoms with van der Waals surface area (Å²) in [4.78, 5) is 3.44. The smallest absolute Gasteiger partial charge is 0.131 e. The topological polar surface area (TPSA) is 3.24 Å². The average molecular weight is 536 g/mol. The molecule has 0 N–H and O–H groups in total. The Morgan fingerprint density at radius 1 is 0.282 bits per heavy atom. The van der Waals surface area contributed by atoms with Crippen molar-refractivity contribution >= 4 is 14.6 Å². The molecule has 3 saturated carbocycles. The minimum Gasteiger partial charge on any atom is -0.296 e. The molecule has 5 fully saturated rings. The number of nitrogens with zero attached hydrogens (tertiary/aromatic N) is 1. The maximum absolute atomic E-state index is 3.44. The van der Waals surface area contributed by atoms with Crippen molar-refractivity contribution in [3.05, 3.63) is 0 Å². The van der Waals surface area contributed by atoms with Crippen molar-refractivity contribution in [3.63, 3.8) is 0 Å². The molecule has 0 spiro atoms. The van der Waals surface area contributed by atoms with Crippen LogP contribution in [0.25, 0.3) is 0 Å². The first kappa shape index (κ1) is 30.5. The highest BCUT2D eigenvalue weighted by Crippen LogP contribution is 2.53. The highest BCUT2D eigenvalue weighted by molar-refractivity contribution is 6.44. The van der Waals surface area contributed by atoms with Crippen LogP contribution in [-0.2, 0) is 0 Å². The largest absolute Gasteiger partial charge is 0.296 e. The van der Waals surface area contributed by atoms with Crippen LogP contribution in [0.5, 0.6) is 0 Å². The summed E-state index contributed by atoms with van der Waals surface area (Å²) < 4.78 is 0. The van der Waals surface area contributed by atoms with Gasteiger partial charge in [0.15, 0.2) is 0 Å². The lowest BCUT2D eigenvalue weighted by Gasteiger charge is -2.61. The van der Waals surface area contributed by atoms with Gasteiger partial charge in [-0.25, -0.2) is 0 Å². The molecule has 0 aromatic heterocycles. The van der Waals surface area contributed by atoms with Gasteiger partial charge in [-0.05, 0) is 12.8 Å². The van der Waals surface area contributed by atoms with Gasteiger partial charge in [0.2, 0.25) is 0 Å². The van der Waals surface area contributed by atoms with Crippen molar-refractivity contribution in [1.29, 1.82) is 0 Å². The third-order valence-electron chi connectivity index (χ3n) is 12.7. The Hall–Kier alpha value is 0.0899. The van der Waals surface area contributed by atoms with E-state index in [9.17, 15) is 0 Å². The first-order valence-electron chi connectivity index (χ1n) is 19.2. The van der Waals surface area contributed by atoms with E-state index in [0.29, 0.717) is 0 Å². The van der Waals surface area contributed by atoms with Gasteiger partial charge < -0.3 is 0 Å². The standard InChI is InChI=1S/C36H67B2N/c1-2-4-9-16-22-28-34-30(24-18-12-7-3-1)37-32-26-20-14-11-15-21-27-33-36(32)39(34)35-29-23-17-10-6-5-8-13-19-25-31(35)38-33/h30-38H,1-29H2/t30-,31+,32+,33-,34+,35-,36+/m1/s1. The van der Waals surface area contributed by atoms with Gasteiger partial charge in [-0.15, -0.1) is 0 Å². The lowest BCUT2D eigenvalue weighted by Crippen LogP contribution is -2.64. The molecular formula is C36H67B2N. The molecule has 0 unspecified atom stereocenters. The lowest BCUT2D eigenvalue weighted by molar-refractivity contribution is 0.0175. The highest BCUT2D eigenvalue weighted by Gasteiger charge is 2.52. The van der Waals surface area contributed by atoms with Gasteiger partial charge in [0.25, 0.3) is 0 Å². The Balaban J connectivity index is 1.42. The fourth-order valence-electron chi connectivity index (χ4n) is 10.7. The number of hydrogen-bond acceptors (Lipinski definition) is 1. The van der Waals surface area contributed by atoms with Crippen LogP contribution in [0.1, 0.15) is 186 Å². The third kappa shape index (κ3) is 9.04. The monoisotopic (exact) mass is 536 g/mol. The van der Waals surface area contributed by atoms with Gasteiger partial charge in [0.05, 0.1) is 0 Å². The van der Waals surface area contributed by atoms with E-state index in [0.717, 1.165) is 41.4 Å². The van der Waals surface area contributed by atoms with Gasteiger partial charge in [0, 0.05) is 18.1 Å². The van der Waals surface area contributed by atoms with Crippen LogP contribution < -0.4 is 0 Å². The van der Waals surface area contributed by atoms with Crippen molar-refractivity contribution in [2.45, 2.75) is 228 Å². The molecule has 2 saturated heterocycles. The zero-order chi connectivity index (χ0) is 26.5. The van der Waals surface area contributed by atoms with Gasteiger partial charge in [-0.3, -0.25) is 4.90 Å². The van der Waals surface area contributed by atoms with E-state index in [1.165, 1.54) is 148 Å². The summed E-state index contributed by atoms with van der Waals surface area (Å²) in [5.74, 6) is 4.07. The molecule has 39 heavy (non-hydrogen) atoms. The van der Waals surface area contributed by atoms with Crippen LogP contribution in [0, 0.1) is 0 Å². The first-order valence-corrected chi connectivity index (χ1v) is 19.2. The molecule has 0 bridgehead atoms. The second-order valence-corrected chi connectivity index (χ2v) is 15.4. The van der Waals surface area contributed by atoms with Crippen molar-refractivity contribution in [1.82, 2.24) is 4.90 Å². The molecule has 0 aromatic rings. The summed E-state index contributed by atoms with van der Waals surface area (Å²) in [6, 6.07) is 2.82. The maximum Gasteiger partial charge on any atom is 0.131 e. The fraction of sp³-hybridized carbons (Fsp3) is 1.00. The summed E-state index contributed by atoms with van der Waals surface area (Å²) in [5, 5.41) is 0. The predicted molar refractivity (Wildman–Crippen MR) is 176 cm³/mol. The predicted octanol–water partition coefficient (Wildman–Crippen LogP) is 10.8. The Labute approximate surface area is 246 Å². The molecular weight excluding hydrogens is 468 g/mol. The van der Waals surface area contributed by atoms with E-state index >= 15 is 0 Å². The lowest BCUT2D eigenvalue weighted by atomic mass is 9.36. The van der Waals surface area contributed by atoms with E-state index < -0.39 is 0 Å². The molecule has 2 heterocycles. The zero-order valence-corrected chi connectivity index (χ0v) is 26.4. The molecule has 0 aromatic carbocycles. The summed E-state index contributed by atoms with van der Waals surface area (Å²) >= 11 is 0.